The van der Waals surface area contributed by atoms with Gasteiger partial charge in [-0.05, 0) is 42.3 Å². The van der Waals surface area contributed by atoms with E-state index in [1.165, 1.54) is 0 Å². The van der Waals surface area contributed by atoms with Crippen LogP contribution in [0, 0.1) is 23.7 Å². The Labute approximate surface area is 124 Å². The molecule has 0 aliphatic carbocycles. The quantitative estimate of drug-likeness (QED) is 0.638. The molecule has 1 heterocycles. The van der Waals surface area contributed by atoms with E-state index < -0.39 is 0 Å². The molecule has 1 aromatic carbocycles. The fraction of sp³-hybridized carbons (Fsp3) is 0.167. The molecule has 0 bridgehead atoms. The summed E-state index contributed by atoms with van der Waals surface area (Å²) in [6.45, 7) is 0.691. The van der Waals surface area contributed by atoms with Crippen molar-refractivity contribution in [2.45, 2.75) is 0 Å². The Morgan fingerprint density at radius 2 is 1.71 bits per heavy atom. The first kappa shape index (κ1) is 14.7. The smallest absolute Gasteiger partial charge is 0.118 e. The summed E-state index contributed by atoms with van der Waals surface area (Å²) in [5.41, 5.74) is 1.67. The van der Waals surface area contributed by atoms with E-state index in [-0.39, 0.29) is 0 Å². The van der Waals surface area contributed by atoms with E-state index in [9.17, 15) is 0 Å². The van der Waals surface area contributed by atoms with Crippen molar-refractivity contribution in [2.24, 2.45) is 0 Å². The standard InChI is InChI=1S/C18H15NO2/c1-20-18-11-9-16(10-12-18)6-4-14-21-15-5-8-17-7-2-3-13-19-17/h2-3,7,9-13H,14-15H2,1H3. The highest BCUT2D eigenvalue weighted by molar-refractivity contribution is 5.38. The lowest BCUT2D eigenvalue weighted by Gasteiger charge is -1.97. The fourth-order valence-corrected chi connectivity index (χ4v) is 1.53. The number of methoxy groups -OCH3 is 1. The van der Waals surface area contributed by atoms with Gasteiger partial charge >= 0.3 is 0 Å². The monoisotopic (exact) mass is 277 g/mol. The molecule has 0 saturated heterocycles. The minimum atomic E-state index is 0.341. The van der Waals surface area contributed by atoms with Crippen molar-refractivity contribution in [2.75, 3.05) is 20.3 Å². The van der Waals surface area contributed by atoms with E-state index in [0.717, 1.165) is 17.0 Å². The van der Waals surface area contributed by atoms with Crippen molar-refractivity contribution in [3.8, 4) is 29.4 Å². The van der Waals surface area contributed by atoms with Crippen LogP contribution < -0.4 is 4.74 Å². The Bertz CT molecular complexity index is 670. The van der Waals surface area contributed by atoms with Gasteiger partial charge in [-0.3, -0.25) is 0 Å². The average molecular weight is 277 g/mol. The molecule has 1 aromatic heterocycles. The number of pyridine rings is 1. The minimum absolute atomic E-state index is 0.341. The normalized spacial score (nSPS) is 9.00. The van der Waals surface area contributed by atoms with Crippen LogP contribution in [0.3, 0.4) is 0 Å². The van der Waals surface area contributed by atoms with E-state index in [2.05, 4.69) is 28.7 Å². The van der Waals surface area contributed by atoms with Crippen molar-refractivity contribution < 1.29 is 9.47 Å². The number of benzene rings is 1. The van der Waals surface area contributed by atoms with Gasteiger partial charge in [0.1, 0.15) is 24.7 Å². The average Bonchev–Trinajstić information content (AvgIpc) is 2.55. The molecule has 2 rings (SSSR count). The summed E-state index contributed by atoms with van der Waals surface area (Å²) in [6.07, 6.45) is 1.71. The number of nitrogens with zero attached hydrogens (tertiary/aromatic N) is 1. The topological polar surface area (TPSA) is 31.4 Å². The van der Waals surface area contributed by atoms with Crippen LogP contribution in [0.5, 0.6) is 5.75 Å². The van der Waals surface area contributed by atoms with Gasteiger partial charge in [-0.1, -0.05) is 23.8 Å². The molecule has 0 radical (unpaired) electrons. The Morgan fingerprint density at radius 3 is 2.38 bits per heavy atom. The predicted octanol–water partition coefficient (Wildman–Crippen LogP) is 2.51. The van der Waals surface area contributed by atoms with Gasteiger partial charge in [-0.25, -0.2) is 4.98 Å². The molecule has 0 amide bonds. The van der Waals surface area contributed by atoms with Crippen LogP contribution in [0.2, 0.25) is 0 Å². The Hall–Kier alpha value is -2.75. The lowest BCUT2D eigenvalue weighted by Crippen LogP contribution is -1.92. The molecule has 3 heteroatoms. The Kier molecular flexibility index (Phi) is 5.88. The first-order valence-corrected chi connectivity index (χ1v) is 6.49. The molecule has 2 aromatic rings. The number of hydrogen-bond acceptors (Lipinski definition) is 3. The molecule has 3 nitrogen and oxygen atoms in total. The largest absolute Gasteiger partial charge is 0.497 e. The second-order valence-electron chi connectivity index (χ2n) is 4.04. The zero-order chi connectivity index (χ0) is 14.8. The van der Waals surface area contributed by atoms with E-state index >= 15 is 0 Å². The summed E-state index contributed by atoms with van der Waals surface area (Å²) >= 11 is 0. The summed E-state index contributed by atoms with van der Waals surface area (Å²) in [6, 6.07) is 13.2. The van der Waals surface area contributed by atoms with Gasteiger partial charge in [0.25, 0.3) is 0 Å². The summed E-state index contributed by atoms with van der Waals surface area (Å²) in [5, 5.41) is 0. The minimum Gasteiger partial charge on any atom is -0.497 e. The lowest BCUT2D eigenvalue weighted by molar-refractivity contribution is 0.204. The molecule has 0 N–H and O–H groups in total. The van der Waals surface area contributed by atoms with Crippen LogP contribution in [0.1, 0.15) is 11.3 Å². The van der Waals surface area contributed by atoms with Gasteiger partial charge in [0.05, 0.1) is 7.11 Å². The van der Waals surface area contributed by atoms with E-state index in [0.29, 0.717) is 13.2 Å². The molecular weight excluding hydrogens is 262 g/mol. The summed E-state index contributed by atoms with van der Waals surface area (Å²) < 4.78 is 10.4. The number of hydrogen-bond donors (Lipinski definition) is 0. The maximum Gasteiger partial charge on any atom is 0.118 e. The third kappa shape index (κ3) is 5.40. The van der Waals surface area contributed by atoms with Crippen LogP contribution in [0.25, 0.3) is 0 Å². The van der Waals surface area contributed by atoms with Crippen molar-refractivity contribution in [3.63, 3.8) is 0 Å². The number of ether oxygens (including phenoxy) is 2. The molecule has 21 heavy (non-hydrogen) atoms. The van der Waals surface area contributed by atoms with Crippen LogP contribution >= 0.6 is 0 Å². The summed E-state index contributed by atoms with van der Waals surface area (Å²) in [4.78, 5) is 4.10. The molecule has 0 fully saturated rings. The van der Waals surface area contributed by atoms with Gasteiger partial charge in [0, 0.05) is 11.8 Å². The Morgan fingerprint density at radius 1 is 0.952 bits per heavy atom. The van der Waals surface area contributed by atoms with Gasteiger partial charge in [0.2, 0.25) is 0 Å². The maximum atomic E-state index is 5.32. The second kappa shape index (κ2) is 8.43. The van der Waals surface area contributed by atoms with Crippen LogP contribution in [0.15, 0.2) is 48.7 Å². The van der Waals surface area contributed by atoms with Crippen LogP contribution in [0.4, 0.5) is 0 Å². The third-order valence-electron chi connectivity index (χ3n) is 2.55. The zero-order valence-electron chi connectivity index (χ0n) is 11.8. The fourth-order valence-electron chi connectivity index (χ4n) is 1.53. The highest BCUT2D eigenvalue weighted by Crippen LogP contribution is 2.09. The van der Waals surface area contributed by atoms with Crippen molar-refractivity contribution >= 4 is 0 Å². The first-order chi connectivity index (χ1) is 10.4. The van der Waals surface area contributed by atoms with Crippen molar-refractivity contribution in [1.29, 1.82) is 0 Å². The molecule has 0 aliphatic rings. The van der Waals surface area contributed by atoms with Crippen molar-refractivity contribution in [3.05, 3.63) is 59.9 Å². The van der Waals surface area contributed by atoms with Gasteiger partial charge in [-0.2, -0.15) is 0 Å². The maximum absolute atomic E-state index is 5.32. The van der Waals surface area contributed by atoms with Crippen LogP contribution in [-0.2, 0) is 4.74 Å². The zero-order valence-corrected chi connectivity index (χ0v) is 11.8. The lowest BCUT2D eigenvalue weighted by atomic mass is 10.2. The third-order valence-corrected chi connectivity index (χ3v) is 2.55. The van der Waals surface area contributed by atoms with Gasteiger partial charge in [0.15, 0.2) is 0 Å². The van der Waals surface area contributed by atoms with Gasteiger partial charge < -0.3 is 9.47 Å². The SMILES string of the molecule is COc1ccc(C#CCOCC#Cc2ccccn2)cc1. The molecule has 0 spiro atoms. The predicted molar refractivity (Wildman–Crippen MR) is 81.8 cm³/mol. The second-order valence-corrected chi connectivity index (χ2v) is 4.04. The molecule has 0 unspecified atom stereocenters. The van der Waals surface area contributed by atoms with Crippen LogP contribution in [-0.4, -0.2) is 25.3 Å². The summed E-state index contributed by atoms with van der Waals surface area (Å²) in [5.74, 6) is 12.6. The Balaban J connectivity index is 1.73. The van der Waals surface area contributed by atoms with E-state index in [1.54, 1.807) is 13.3 Å². The van der Waals surface area contributed by atoms with E-state index in [1.807, 2.05) is 42.5 Å². The van der Waals surface area contributed by atoms with Crippen molar-refractivity contribution in [1.82, 2.24) is 4.98 Å². The van der Waals surface area contributed by atoms with Gasteiger partial charge in [-0.15, -0.1) is 0 Å². The highest BCUT2D eigenvalue weighted by atomic mass is 16.5. The number of aromatic nitrogens is 1. The molecular formula is C18H15NO2. The molecule has 0 saturated carbocycles. The highest BCUT2D eigenvalue weighted by Gasteiger charge is 1.89. The summed E-state index contributed by atoms with van der Waals surface area (Å²) in [7, 11) is 1.64. The van der Waals surface area contributed by atoms with E-state index in [4.69, 9.17) is 9.47 Å². The molecule has 104 valence electrons. The molecule has 0 aliphatic heterocycles. The molecule has 0 atom stereocenters. The first-order valence-electron chi connectivity index (χ1n) is 6.49. The number of rotatable bonds is 3.